The molecule has 0 saturated carbocycles. The Hall–Kier alpha value is -1.32. The molecule has 4 nitrogen and oxygen atoms in total. The Morgan fingerprint density at radius 2 is 1.94 bits per heavy atom. The molecule has 0 aliphatic heterocycles. The molecule has 0 spiro atoms. The smallest absolute Gasteiger partial charge is 0.311 e. The third-order valence-electron chi connectivity index (χ3n) is 2.44. The summed E-state index contributed by atoms with van der Waals surface area (Å²) in [6.07, 6.45) is 0.726. The van der Waals surface area contributed by atoms with Gasteiger partial charge in [-0.1, -0.05) is 13.5 Å². The minimum absolute atomic E-state index is 0.196. The Kier molecular flexibility index (Phi) is 5.78. The lowest BCUT2D eigenvalue weighted by molar-refractivity contribution is -0.154. The summed E-state index contributed by atoms with van der Waals surface area (Å²) in [6, 6.07) is 0. The van der Waals surface area contributed by atoms with Crippen LogP contribution in [0.15, 0.2) is 12.2 Å². The van der Waals surface area contributed by atoms with Gasteiger partial charge in [0.1, 0.15) is 6.61 Å². The molecule has 1 N–H and O–H groups in total. The van der Waals surface area contributed by atoms with Crippen LogP contribution in [0.5, 0.6) is 0 Å². The van der Waals surface area contributed by atoms with Gasteiger partial charge in [-0.2, -0.15) is 0 Å². The van der Waals surface area contributed by atoms with E-state index < -0.39 is 5.41 Å². The molecular weight excluding hydrogens is 206 g/mol. The van der Waals surface area contributed by atoms with Gasteiger partial charge < -0.3 is 10.1 Å². The van der Waals surface area contributed by atoms with Crippen LogP contribution >= 0.6 is 0 Å². The summed E-state index contributed by atoms with van der Waals surface area (Å²) in [5, 5.41) is 2.59. The molecule has 1 amide bonds. The van der Waals surface area contributed by atoms with Crippen LogP contribution in [0.4, 0.5) is 0 Å². The standard InChI is InChI=1S/C12H21NO3/c1-6-12(4,5)11(15)16-8-7-13-10(14)9(2)3/h2,6-8H2,1,3-5H3,(H,13,14). The highest BCUT2D eigenvalue weighted by molar-refractivity contribution is 5.92. The molecule has 0 aromatic heterocycles. The molecule has 0 aliphatic carbocycles. The number of ether oxygens (including phenoxy) is 1. The van der Waals surface area contributed by atoms with E-state index in [1.807, 2.05) is 20.8 Å². The van der Waals surface area contributed by atoms with Crippen LogP contribution in [-0.2, 0) is 14.3 Å². The molecule has 0 aromatic carbocycles. The van der Waals surface area contributed by atoms with E-state index in [0.29, 0.717) is 12.1 Å². The third-order valence-corrected chi connectivity index (χ3v) is 2.44. The molecule has 4 heteroatoms. The Balaban J connectivity index is 3.80. The first kappa shape index (κ1) is 14.7. The summed E-state index contributed by atoms with van der Waals surface area (Å²) in [5.41, 5.74) is -0.0153. The van der Waals surface area contributed by atoms with Crippen LogP contribution in [0.1, 0.15) is 34.1 Å². The summed E-state index contributed by atoms with van der Waals surface area (Å²) >= 11 is 0. The second kappa shape index (κ2) is 6.30. The van der Waals surface area contributed by atoms with E-state index in [9.17, 15) is 9.59 Å². The largest absolute Gasteiger partial charge is 0.463 e. The molecule has 0 unspecified atom stereocenters. The van der Waals surface area contributed by atoms with Gasteiger partial charge in [0.15, 0.2) is 0 Å². The van der Waals surface area contributed by atoms with Crippen LogP contribution in [0, 0.1) is 5.41 Å². The molecule has 0 rings (SSSR count). The second-order valence-electron chi connectivity index (χ2n) is 4.41. The van der Waals surface area contributed by atoms with Gasteiger partial charge in [-0.15, -0.1) is 0 Å². The maximum absolute atomic E-state index is 11.5. The number of hydrogen-bond acceptors (Lipinski definition) is 3. The molecule has 0 atom stereocenters. The van der Waals surface area contributed by atoms with Gasteiger partial charge in [0, 0.05) is 5.57 Å². The van der Waals surface area contributed by atoms with E-state index in [2.05, 4.69) is 11.9 Å². The van der Waals surface area contributed by atoms with Crippen molar-refractivity contribution in [2.24, 2.45) is 5.41 Å². The van der Waals surface area contributed by atoms with Gasteiger partial charge in [-0.25, -0.2) is 0 Å². The number of nitrogens with one attached hydrogen (secondary N) is 1. The van der Waals surface area contributed by atoms with Crippen molar-refractivity contribution >= 4 is 11.9 Å². The average Bonchev–Trinajstić information content (AvgIpc) is 2.23. The van der Waals surface area contributed by atoms with Crippen molar-refractivity contribution in [1.82, 2.24) is 5.32 Å². The van der Waals surface area contributed by atoms with Gasteiger partial charge in [0.05, 0.1) is 12.0 Å². The summed E-state index contributed by atoms with van der Waals surface area (Å²) < 4.78 is 5.04. The summed E-state index contributed by atoms with van der Waals surface area (Å²) in [6.45, 7) is 11.2. The van der Waals surface area contributed by atoms with Gasteiger partial charge in [0.25, 0.3) is 0 Å². The Labute approximate surface area is 97.1 Å². The predicted octanol–water partition coefficient (Wildman–Crippen LogP) is 1.66. The number of hydrogen-bond donors (Lipinski definition) is 1. The highest BCUT2D eigenvalue weighted by Crippen LogP contribution is 2.21. The molecule has 0 heterocycles. The van der Waals surface area contributed by atoms with Crippen LogP contribution in [0.3, 0.4) is 0 Å². The van der Waals surface area contributed by atoms with Crippen molar-refractivity contribution in [2.75, 3.05) is 13.2 Å². The van der Waals surface area contributed by atoms with E-state index in [0.717, 1.165) is 6.42 Å². The molecule has 0 saturated heterocycles. The summed E-state index contributed by atoms with van der Waals surface area (Å²) in [4.78, 5) is 22.6. The van der Waals surface area contributed by atoms with Crippen molar-refractivity contribution in [1.29, 1.82) is 0 Å². The number of rotatable bonds is 6. The Morgan fingerprint density at radius 3 is 2.38 bits per heavy atom. The molecule has 0 aromatic rings. The van der Waals surface area contributed by atoms with Crippen LogP contribution in [0.25, 0.3) is 0 Å². The fourth-order valence-corrected chi connectivity index (χ4v) is 0.799. The van der Waals surface area contributed by atoms with Crippen molar-refractivity contribution in [3.05, 3.63) is 12.2 Å². The quantitative estimate of drug-likeness (QED) is 0.426. The average molecular weight is 227 g/mol. The van der Waals surface area contributed by atoms with Crippen molar-refractivity contribution in [3.63, 3.8) is 0 Å². The molecule has 0 bridgehead atoms. The monoisotopic (exact) mass is 227 g/mol. The van der Waals surface area contributed by atoms with Crippen molar-refractivity contribution in [3.8, 4) is 0 Å². The zero-order valence-corrected chi connectivity index (χ0v) is 10.6. The van der Waals surface area contributed by atoms with E-state index in [-0.39, 0.29) is 18.5 Å². The van der Waals surface area contributed by atoms with E-state index in [1.54, 1.807) is 6.92 Å². The molecule has 0 radical (unpaired) electrons. The number of amides is 1. The van der Waals surface area contributed by atoms with E-state index in [1.165, 1.54) is 0 Å². The first-order valence-electron chi connectivity index (χ1n) is 5.42. The first-order chi connectivity index (χ1) is 7.31. The minimum Gasteiger partial charge on any atom is -0.463 e. The highest BCUT2D eigenvalue weighted by atomic mass is 16.5. The SMILES string of the molecule is C=C(C)C(=O)NCCOC(=O)C(C)(C)CC. The van der Waals surface area contributed by atoms with Crippen LogP contribution < -0.4 is 5.32 Å². The second-order valence-corrected chi connectivity index (χ2v) is 4.41. The summed E-state index contributed by atoms with van der Waals surface area (Å²) in [7, 11) is 0. The van der Waals surface area contributed by atoms with Gasteiger partial charge in [-0.05, 0) is 27.2 Å². The van der Waals surface area contributed by atoms with E-state index in [4.69, 9.17) is 4.74 Å². The summed E-state index contributed by atoms with van der Waals surface area (Å²) in [5.74, 6) is -0.453. The maximum Gasteiger partial charge on any atom is 0.311 e. The molecule has 0 fully saturated rings. The Bertz CT molecular complexity index is 282. The van der Waals surface area contributed by atoms with E-state index >= 15 is 0 Å². The topological polar surface area (TPSA) is 55.4 Å². The van der Waals surface area contributed by atoms with Gasteiger partial charge >= 0.3 is 5.97 Å². The fourth-order valence-electron chi connectivity index (χ4n) is 0.799. The zero-order chi connectivity index (χ0) is 12.8. The number of carbonyl (C=O) groups excluding carboxylic acids is 2. The molecule has 0 aliphatic rings. The maximum atomic E-state index is 11.5. The lowest BCUT2D eigenvalue weighted by atomic mass is 9.91. The molecular formula is C12H21NO3. The minimum atomic E-state index is -0.460. The first-order valence-corrected chi connectivity index (χ1v) is 5.42. The predicted molar refractivity (Wildman–Crippen MR) is 62.9 cm³/mol. The van der Waals surface area contributed by atoms with Crippen LogP contribution in [-0.4, -0.2) is 25.0 Å². The lowest BCUT2D eigenvalue weighted by Crippen LogP contribution is -2.31. The third kappa shape index (κ3) is 4.96. The van der Waals surface area contributed by atoms with Gasteiger partial charge in [-0.3, -0.25) is 9.59 Å². The molecule has 16 heavy (non-hydrogen) atoms. The normalized spacial score (nSPS) is 10.8. The zero-order valence-electron chi connectivity index (χ0n) is 10.6. The lowest BCUT2D eigenvalue weighted by Gasteiger charge is -2.20. The van der Waals surface area contributed by atoms with Crippen molar-refractivity contribution in [2.45, 2.75) is 34.1 Å². The van der Waals surface area contributed by atoms with Gasteiger partial charge in [0.2, 0.25) is 5.91 Å². The number of carbonyl (C=O) groups is 2. The molecule has 92 valence electrons. The Morgan fingerprint density at radius 1 is 1.38 bits per heavy atom. The fraction of sp³-hybridized carbons (Fsp3) is 0.667. The highest BCUT2D eigenvalue weighted by Gasteiger charge is 2.26. The van der Waals surface area contributed by atoms with Crippen LogP contribution in [0.2, 0.25) is 0 Å². The van der Waals surface area contributed by atoms with Crippen molar-refractivity contribution < 1.29 is 14.3 Å². The number of esters is 1.